The van der Waals surface area contributed by atoms with Gasteiger partial charge in [0.25, 0.3) is 0 Å². The lowest BCUT2D eigenvalue weighted by Crippen LogP contribution is -1.99. The van der Waals surface area contributed by atoms with Gasteiger partial charge in [-0.15, -0.1) is 0 Å². The predicted molar refractivity (Wildman–Crippen MR) is 57.3 cm³/mol. The second-order valence-electron chi connectivity index (χ2n) is 2.80. The van der Waals surface area contributed by atoms with Gasteiger partial charge in [-0.1, -0.05) is 28.1 Å². The number of benzene rings is 1. The van der Waals surface area contributed by atoms with Crippen LogP contribution in [0.2, 0.25) is 0 Å². The summed E-state index contributed by atoms with van der Waals surface area (Å²) in [5.41, 5.74) is 6.53. The average molecular weight is 237 g/mol. The molecule has 0 amide bonds. The SMILES string of the molecule is NCc1nccc2c(Br)cccc12. The van der Waals surface area contributed by atoms with Crippen LogP contribution in [0.3, 0.4) is 0 Å². The summed E-state index contributed by atoms with van der Waals surface area (Å²) >= 11 is 3.49. The van der Waals surface area contributed by atoms with E-state index in [9.17, 15) is 0 Å². The van der Waals surface area contributed by atoms with Crippen molar-refractivity contribution in [1.82, 2.24) is 4.98 Å². The van der Waals surface area contributed by atoms with E-state index in [1.165, 1.54) is 0 Å². The standard InChI is InChI=1S/C10H9BrN2/c11-9-3-1-2-8-7(9)4-5-13-10(8)6-12/h1-5H,6,12H2. The van der Waals surface area contributed by atoms with E-state index in [0.29, 0.717) is 6.54 Å². The molecule has 2 N–H and O–H groups in total. The third-order valence-corrected chi connectivity index (χ3v) is 2.72. The number of halogens is 1. The third-order valence-electron chi connectivity index (χ3n) is 2.03. The highest BCUT2D eigenvalue weighted by molar-refractivity contribution is 9.10. The molecule has 1 heterocycles. The Morgan fingerprint density at radius 3 is 2.85 bits per heavy atom. The van der Waals surface area contributed by atoms with Gasteiger partial charge in [0.2, 0.25) is 0 Å². The van der Waals surface area contributed by atoms with Gasteiger partial charge in [-0.05, 0) is 17.5 Å². The summed E-state index contributed by atoms with van der Waals surface area (Å²) < 4.78 is 1.09. The van der Waals surface area contributed by atoms with Gasteiger partial charge in [-0.3, -0.25) is 4.98 Å². The minimum absolute atomic E-state index is 0.480. The van der Waals surface area contributed by atoms with Gasteiger partial charge in [0.15, 0.2) is 0 Å². The Bertz CT molecular complexity index is 440. The quantitative estimate of drug-likeness (QED) is 0.827. The maximum atomic E-state index is 5.59. The van der Waals surface area contributed by atoms with Crippen LogP contribution in [-0.4, -0.2) is 4.98 Å². The summed E-state index contributed by atoms with van der Waals surface area (Å²) in [4.78, 5) is 4.22. The fourth-order valence-electron chi connectivity index (χ4n) is 1.39. The Balaban J connectivity index is 2.84. The molecule has 0 aliphatic heterocycles. The van der Waals surface area contributed by atoms with E-state index in [2.05, 4.69) is 20.9 Å². The van der Waals surface area contributed by atoms with E-state index < -0.39 is 0 Å². The number of aromatic nitrogens is 1. The predicted octanol–water partition coefficient (Wildman–Crippen LogP) is 2.46. The number of nitrogens with zero attached hydrogens (tertiary/aromatic N) is 1. The number of hydrogen-bond donors (Lipinski definition) is 1. The third kappa shape index (κ3) is 1.45. The molecule has 13 heavy (non-hydrogen) atoms. The van der Waals surface area contributed by atoms with Gasteiger partial charge in [-0.25, -0.2) is 0 Å². The fourth-order valence-corrected chi connectivity index (χ4v) is 1.89. The van der Waals surface area contributed by atoms with E-state index >= 15 is 0 Å². The second-order valence-corrected chi connectivity index (χ2v) is 3.65. The first-order chi connectivity index (χ1) is 6.33. The number of nitrogens with two attached hydrogens (primary N) is 1. The summed E-state index contributed by atoms with van der Waals surface area (Å²) in [5, 5.41) is 2.29. The molecule has 0 radical (unpaired) electrons. The van der Waals surface area contributed by atoms with Crippen molar-refractivity contribution in [3.05, 3.63) is 40.6 Å². The van der Waals surface area contributed by atoms with Crippen molar-refractivity contribution in [2.24, 2.45) is 5.73 Å². The Morgan fingerprint density at radius 2 is 2.08 bits per heavy atom. The summed E-state index contributed by atoms with van der Waals surface area (Å²) in [6, 6.07) is 8.03. The van der Waals surface area contributed by atoms with Crippen molar-refractivity contribution >= 4 is 26.7 Å². The highest BCUT2D eigenvalue weighted by Crippen LogP contribution is 2.24. The van der Waals surface area contributed by atoms with Crippen molar-refractivity contribution in [3.63, 3.8) is 0 Å². The first-order valence-electron chi connectivity index (χ1n) is 4.05. The Labute approximate surface area is 84.9 Å². The normalized spacial score (nSPS) is 10.6. The van der Waals surface area contributed by atoms with Crippen molar-refractivity contribution in [3.8, 4) is 0 Å². The Morgan fingerprint density at radius 1 is 1.23 bits per heavy atom. The van der Waals surface area contributed by atoms with E-state index in [-0.39, 0.29) is 0 Å². The topological polar surface area (TPSA) is 38.9 Å². The summed E-state index contributed by atoms with van der Waals surface area (Å²) in [6.45, 7) is 0.480. The van der Waals surface area contributed by atoms with Crippen LogP contribution in [0.5, 0.6) is 0 Å². The molecule has 0 aliphatic carbocycles. The molecule has 1 aromatic carbocycles. The molecule has 2 aromatic rings. The molecule has 0 saturated heterocycles. The zero-order chi connectivity index (χ0) is 9.26. The Hall–Kier alpha value is -0.930. The number of fused-ring (bicyclic) bond motifs is 1. The molecular weight excluding hydrogens is 228 g/mol. The fraction of sp³-hybridized carbons (Fsp3) is 0.100. The van der Waals surface area contributed by atoms with Gasteiger partial charge >= 0.3 is 0 Å². The van der Waals surface area contributed by atoms with Crippen LogP contribution in [0.25, 0.3) is 10.8 Å². The van der Waals surface area contributed by atoms with Crippen LogP contribution < -0.4 is 5.73 Å². The molecule has 2 rings (SSSR count). The Kier molecular flexibility index (Phi) is 2.29. The van der Waals surface area contributed by atoms with Gasteiger partial charge in [0.05, 0.1) is 5.69 Å². The lowest BCUT2D eigenvalue weighted by Gasteiger charge is -2.03. The molecule has 0 fully saturated rings. The lowest BCUT2D eigenvalue weighted by atomic mass is 10.1. The maximum absolute atomic E-state index is 5.59. The molecule has 0 spiro atoms. The van der Waals surface area contributed by atoms with Crippen molar-refractivity contribution in [1.29, 1.82) is 0 Å². The minimum Gasteiger partial charge on any atom is -0.325 e. The number of hydrogen-bond acceptors (Lipinski definition) is 2. The largest absolute Gasteiger partial charge is 0.325 e. The van der Waals surface area contributed by atoms with Crippen molar-refractivity contribution in [2.75, 3.05) is 0 Å². The van der Waals surface area contributed by atoms with Crippen LogP contribution >= 0.6 is 15.9 Å². The molecular formula is C10H9BrN2. The van der Waals surface area contributed by atoms with Crippen LogP contribution in [0.1, 0.15) is 5.69 Å². The summed E-state index contributed by atoms with van der Waals surface area (Å²) in [5.74, 6) is 0. The number of pyridine rings is 1. The molecule has 2 nitrogen and oxygen atoms in total. The van der Waals surface area contributed by atoms with Gasteiger partial charge in [-0.2, -0.15) is 0 Å². The number of rotatable bonds is 1. The first-order valence-corrected chi connectivity index (χ1v) is 4.84. The van der Waals surface area contributed by atoms with Crippen molar-refractivity contribution in [2.45, 2.75) is 6.54 Å². The van der Waals surface area contributed by atoms with Gasteiger partial charge in [0, 0.05) is 22.6 Å². The average Bonchev–Trinajstić information content (AvgIpc) is 2.18. The highest BCUT2D eigenvalue weighted by atomic mass is 79.9. The van der Waals surface area contributed by atoms with Crippen molar-refractivity contribution < 1.29 is 0 Å². The van der Waals surface area contributed by atoms with Crippen LogP contribution in [0.15, 0.2) is 34.9 Å². The smallest absolute Gasteiger partial charge is 0.0618 e. The van der Waals surface area contributed by atoms with Crippen LogP contribution in [0.4, 0.5) is 0 Å². The lowest BCUT2D eigenvalue weighted by molar-refractivity contribution is 1.01. The van der Waals surface area contributed by atoms with E-state index in [4.69, 9.17) is 5.73 Å². The van der Waals surface area contributed by atoms with Gasteiger partial charge in [0.1, 0.15) is 0 Å². The molecule has 0 bridgehead atoms. The molecule has 66 valence electrons. The first kappa shape index (κ1) is 8.66. The summed E-state index contributed by atoms with van der Waals surface area (Å²) in [6.07, 6.45) is 1.79. The van der Waals surface area contributed by atoms with E-state index in [1.807, 2.05) is 24.3 Å². The molecule has 0 unspecified atom stereocenters. The molecule has 0 saturated carbocycles. The van der Waals surface area contributed by atoms with E-state index in [0.717, 1.165) is 20.9 Å². The summed E-state index contributed by atoms with van der Waals surface area (Å²) in [7, 11) is 0. The van der Waals surface area contributed by atoms with Crippen LogP contribution in [-0.2, 0) is 6.54 Å². The van der Waals surface area contributed by atoms with Gasteiger partial charge < -0.3 is 5.73 Å². The molecule has 0 aliphatic rings. The monoisotopic (exact) mass is 236 g/mol. The second kappa shape index (κ2) is 3.44. The molecule has 1 aromatic heterocycles. The highest BCUT2D eigenvalue weighted by Gasteiger charge is 2.01. The molecule has 0 atom stereocenters. The minimum atomic E-state index is 0.480. The van der Waals surface area contributed by atoms with Crippen LogP contribution in [0, 0.1) is 0 Å². The maximum Gasteiger partial charge on any atom is 0.0618 e. The zero-order valence-corrected chi connectivity index (χ0v) is 8.58. The zero-order valence-electron chi connectivity index (χ0n) is 7.00. The molecule has 3 heteroatoms. The van der Waals surface area contributed by atoms with E-state index in [1.54, 1.807) is 6.20 Å².